The van der Waals surface area contributed by atoms with Crippen LogP contribution in [0.3, 0.4) is 0 Å². The Morgan fingerprint density at radius 3 is 3.00 bits per heavy atom. The number of hydrogen-bond donors (Lipinski definition) is 0. The topological polar surface area (TPSA) is 48.4 Å². The van der Waals surface area contributed by atoms with Crippen LogP contribution in [0.4, 0.5) is 0 Å². The summed E-state index contributed by atoms with van der Waals surface area (Å²) in [7, 11) is 3.07. The van der Waals surface area contributed by atoms with Crippen LogP contribution in [0.15, 0.2) is 5.38 Å². The number of carbonyl (C=O) groups is 1. The molecule has 0 saturated carbocycles. The second-order valence-corrected chi connectivity index (χ2v) is 4.02. The molecule has 1 aromatic rings. The third-order valence-corrected chi connectivity index (χ3v) is 2.85. The first-order valence-electron chi connectivity index (χ1n) is 4.75. The van der Waals surface area contributed by atoms with Crippen LogP contribution in [0.25, 0.3) is 0 Å². The molecule has 0 fully saturated rings. The van der Waals surface area contributed by atoms with Gasteiger partial charge < -0.3 is 9.47 Å². The van der Waals surface area contributed by atoms with Gasteiger partial charge in [0.2, 0.25) is 0 Å². The Bertz CT molecular complexity index is 311. The highest BCUT2D eigenvalue weighted by atomic mass is 32.1. The summed E-state index contributed by atoms with van der Waals surface area (Å²) in [6.07, 6.45) is 2.12. The highest BCUT2D eigenvalue weighted by Crippen LogP contribution is 2.12. The molecule has 84 valence electrons. The number of methoxy groups -OCH3 is 2. The molecule has 15 heavy (non-hydrogen) atoms. The molecule has 4 nitrogen and oxygen atoms in total. The SMILES string of the molecule is COCCCc1nc(CC(=O)OC)cs1. The molecule has 1 heterocycles. The number of ether oxygens (including phenoxy) is 2. The van der Waals surface area contributed by atoms with Gasteiger partial charge in [0.05, 0.1) is 24.2 Å². The number of nitrogens with zero attached hydrogens (tertiary/aromatic N) is 1. The quantitative estimate of drug-likeness (QED) is 0.547. The van der Waals surface area contributed by atoms with Crippen molar-refractivity contribution in [1.82, 2.24) is 4.98 Å². The van der Waals surface area contributed by atoms with Gasteiger partial charge in [0.1, 0.15) is 0 Å². The number of rotatable bonds is 6. The predicted octanol–water partition coefficient (Wildman–Crippen LogP) is 1.44. The summed E-state index contributed by atoms with van der Waals surface area (Å²) >= 11 is 1.58. The molecule has 0 aromatic carbocycles. The summed E-state index contributed by atoms with van der Waals surface area (Å²) in [5.41, 5.74) is 0.791. The largest absolute Gasteiger partial charge is 0.469 e. The molecule has 0 aliphatic carbocycles. The molecule has 0 aliphatic rings. The van der Waals surface area contributed by atoms with Gasteiger partial charge in [-0.05, 0) is 6.42 Å². The summed E-state index contributed by atoms with van der Waals surface area (Å²) < 4.78 is 9.52. The number of thiazole rings is 1. The van der Waals surface area contributed by atoms with Gasteiger partial charge in [0.25, 0.3) is 0 Å². The Morgan fingerprint density at radius 2 is 2.33 bits per heavy atom. The predicted molar refractivity (Wildman–Crippen MR) is 58.0 cm³/mol. The Morgan fingerprint density at radius 1 is 1.53 bits per heavy atom. The van der Waals surface area contributed by atoms with Crippen molar-refractivity contribution in [2.75, 3.05) is 20.8 Å². The minimum absolute atomic E-state index is 0.247. The number of carbonyl (C=O) groups excluding carboxylic acids is 1. The zero-order valence-electron chi connectivity index (χ0n) is 8.99. The molecular weight excluding hydrogens is 214 g/mol. The first-order valence-corrected chi connectivity index (χ1v) is 5.63. The van der Waals surface area contributed by atoms with Gasteiger partial charge in [-0.2, -0.15) is 0 Å². The number of hydrogen-bond acceptors (Lipinski definition) is 5. The minimum atomic E-state index is -0.247. The second kappa shape index (κ2) is 6.53. The average Bonchev–Trinajstić information content (AvgIpc) is 2.66. The van der Waals surface area contributed by atoms with Gasteiger partial charge in [-0.3, -0.25) is 4.79 Å². The number of aromatic nitrogens is 1. The summed E-state index contributed by atoms with van der Waals surface area (Å²) in [5, 5.41) is 2.95. The third kappa shape index (κ3) is 4.40. The molecule has 0 spiro atoms. The molecular formula is C10H15NO3S. The van der Waals surface area contributed by atoms with Crippen LogP contribution < -0.4 is 0 Å². The lowest BCUT2D eigenvalue weighted by Gasteiger charge is -1.96. The van der Waals surface area contributed by atoms with E-state index in [0.717, 1.165) is 30.2 Å². The first-order chi connectivity index (χ1) is 7.26. The Hall–Kier alpha value is -0.940. The van der Waals surface area contributed by atoms with Gasteiger partial charge in [0.15, 0.2) is 0 Å². The molecule has 5 heteroatoms. The van der Waals surface area contributed by atoms with E-state index in [-0.39, 0.29) is 12.4 Å². The van der Waals surface area contributed by atoms with E-state index in [1.165, 1.54) is 7.11 Å². The monoisotopic (exact) mass is 229 g/mol. The molecule has 0 amide bonds. The molecule has 1 rings (SSSR count). The molecule has 0 aliphatic heterocycles. The molecule has 0 bridgehead atoms. The fourth-order valence-electron chi connectivity index (χ4n) is 1.13. The normalized spacial score (nSPS) is 10.3. The van der Waals surface area contributed by atoms with E-state index in [4.69, 9.17) is 4.74 Å². The maximum absolute atomic E-state index is 11.0. The average molecular weight is 229 g/mol. The van der Waals surface area contributed by atoms with Crippen LogP contribution in [-0.4, -0.2) is 31.8 Å². The second-order valence-electron chi connectivity index (χ2n) is 3.08. The highest BCUT2D eigenvalue weighted by Gasteiger charge is 2.07. The van der Waals surface area contributed by atoms with Crippen LogP contribution in [0.1, 0.15) is 17.1 Å². The molecule has 0 unspecified atom stereocenters. The molecule has 0 radical (unpaired) electrons. The Labute approximate surface area is 93.2 Å². The zero-order chi connectivity index (χ0) is 11.1. The van der Waals surface area contributed by atoms with Crippen molar-refractivity contribution in [3.05, 3.63) is 16.1 Å². The molecule has 0 atom stereocenters. The number of esters is 1. The lowest BCUT2D eigenvalue weighted by atomic mass is 10.3. The summed E-state index contributed by atoms with van der Waals surface area (Å²) in [5.74, 6) is -0.247. The van der Waals surface area contributed by atoms with E-state index in [0.29, 0.717) is 0 Å². The van der Waals surface area contributed by atoms with Crippen molar-refractivity contribution >= 4 is 17.3 Å². The van der Waals surface area contributed by atoms with Gasteiger partial charge in [-0.1, -0.05) is 0 Å². The van der Waals surface area contributed by atoms with E-state index in [1.54, 1.807) is 18.4 Å². The fourth-order valence-corrected chi connectivity index (χ4v) is 1.97. The summed E-state index contributed by atoms with van der Waals surface area (Å²) in [6, 6.07) is 0. The van der Waals surface area contributed by atoms with Crippen molar-refractivity contribution < 1.29 is 14.3 Å². The first kappa shape index (κ1) is 12.1. The van der Waals surface area contributed by atoms with Crippen molar-refractivity contribution in [3.8, 4) is 0 Å². The van der Waals surface area contributed by atoms with Crippen molar-refractivity contribution in [2.45, 2.75) is 19.3 Å². The smallest absolute Gasteiger partial charge is 0.311 e. The van der Waals surface area contributed by atoms with E-state index < -0.39 is 0 Å². The summed E-state index contributed by atoms with van der Waals surface area (Å²) in [6.45, 7) is 0.742. The van der Waals surface area contributed by atoms with Crippen LogP contribution in [0, 0.1) is 0 Å². The summed E-state index contributed by atoms with van der Waals surface area (Å²) in [4.78, 5) is 15.3. The molecule has 0 N–H and O–H groups in total. The van der Waals surface area contributed by atoms with Crippen molar-refractivity contribution in [2.24, 2.45) is 0 Å². The van der Waals surface area contributed by atoms with Crippen LogP contribution in [-0.2, 0) is 27.1 Å². The lowest BCUT2D eigenvalue weighted by Crippen LogP contribution is -2.04. The van der Waals surface area contributed by atoms with Crippen molar-refractivity contribution in [1.29, 1.82) is 0 Å². The minimum Gasteiger partial charge on any atom is -0.469 e. The maximum Gasteiger partial charge on any atom is 0.311 e. The van der Waals surface area contributed by atoms with Crippen molar-refractivity contribution in [3.63, 3.8) is 0 Å². The maximum atomic E-state index is 11.0. The van der Waals surface area contributed by atoms with Crippen LogP contribution >= 0.6 is 11.3 Å². The molecule has 1 aromatic heterocycles. The van der Waals surface area contributed by atoms with Crippen LogP contribution in [0.2, 0.25) is 0 Å². The van der Waals surface area contributed by atoms with Gasteiger partial charge in [-0.25, -0.2) is 4.98 Å². The highest BCUT2D eigenvalue weighted by molar-refractivity contribution is 7.09. The van der Waals surface area contributed by atoms with E-state index in [9.17, 15) is 4.79 Å². The van der Waals surface area contributed by atoms with E-state index >= 15 is 0 Å². The Kier molecular flexibility index (Phi) is 5.28. The van der Waals surface area contributed by atoms with Gasteiger partial charge >= 0.3 is 5.97 Å². The van der Waals surface area contributed by atoms with Gasteiger partial charge in [-0.15, -0.1) is 11.3 Å². The lowest BCUT2D eigenvalue weighted by molar-refractivity contribution is -0.139. The van der Waals surface area contributed by atoms with Gasteiger partial charge in [0, 0.05) is 25.5 Å². The van der Waals surface area contributed by atoms with E-state index in [2.05, 4.69) is 9.72 Å². The van der Waals surface area contributed by atoms with Crippen LogP contribution in [0.5, 0.6) is 0 Å². The standard InChI is InChI=1S/C10H15NO3S/c1-13-5-3-4-9-11-8(7-15-9)6-10(12)14-2/h7H,3-6H2,1-2H3. The van der Waals surface area contributed by atoms with E-state index in [1.807, 2.05) is 5.38 Å². The third-order valence-electron chi connectivity index (χ3n) is 1.89. The fraction of sp³-hybridized carbons (Fsp3) is 0.600. The Balaban J connectivity index is 2.38. The molecule has 0 saturated heterocycles. The zero-order valence-corrected chi connectivity index (χ0v) is 9.80. The number of aryl methyl sites for hydroxylation is 1.